The van der Waals surface area contributed by atoms with Gasteiger partial charge in [0.2, 0.25) is 0 Å². The molecule has 1 saturated carbocycles. The van der Waals surface area contributed by atoms with Crippen LogP contribution in [0.5, 0.6) is 0 Å². The van der Waals surface area contributed by atoms with Gasteiger partial charge in [0.15, 0.2) is 0 Å². The summed E-state index contributed by atoms with van der Waals surface area (Å²) in [6.45, 7) is 5.76. The second kappa shape index (κ2) is 15.5. The van der Waals surface area contributed by atoms with Crippen LogP contribution in [0.15, 0.2) is 46.8 Å². The molecule has 2 aromatic carbocycles. The number of nitrogens with zero attached hydrogens (tertiary/aromatic N) is 2. The number of halogens is 1. The molecule has 0 amide bonds. The zero-order valence-corrected chi connectivity index (χ0v) is 28.1. The molecule has 2 heterocycles. The minimum atomic E-state index is -2.96. The average molecular weight is 640 g/mol. The number of aromatic nitrogens is 1. The van der Waals surface area contributed by atoms with Crippen molar-refractivity contribution in [2.24, 2.45) is 11.8 Å². The Labute approximate surface area is 269 Å². The molecule has 0 bridgehead atoms. The minimum absolute atomic E-state index is 0.205. The number of benzene rings is 2. The number of nitrogens with one attached hydrogen (secondary N) is 1. The highest BCUT2D eigenvalue weighted by Crippen LogP contribution is 2.51. The summed E-state index contributed by atoms with van der Waals surface area (Å²) in [4.78, 5) is 6.59. The molecule has 2 fully saturated rings. The number of hydrogen-bond donors (Lipinski definition) is 3. The van der Waals surface area contributed by atoms with E-state index in [4.69, 9.17) is 5.41 Å². The fourth-order valence-electron chi connectivity index (χ4n) is 7.58. The Morgan fingerprint density at radius 1 is 1.02 bits per heavy atom. The molecule has 2 atom stereocenters. The molecular weight excluding hydrogens is 590 g/mol. The van der Waals surface area contributed by atoms with Crippen molar-refractivity contribution in [3.63, 3.8) is 0 Å². The van der Waals surface area contributed by atoms with Crippen LogP contribution in [0, 0.1) is 36.9 Å². The molecule has 1 aliphatic carbocycles. The molecule has 3 aromatic rings. The molecule has 2 aliphatic rings. The van der Waals surface area contributed by atoms with Gasteiger partial charge in [-0.15, -0.1) is 21.9 Å². The van der Waals surface area contributed by atoms with Gasteiger partial charge in [0.05, 0.1) is 17.1 Å². The SMILES string of the molecule is Cc1ncc(S(O)(O)CN2CCCCC(CC3CCCC3)C[C@@H](c3cc(C=N)c(CCCc4ccc(F)cc4)cc3C)C2)s1. The number of aryl methyl sites for hydroxylation is 4. The van der Waals surface area contributed by atoms with Gasteiger partial charge in [0, 0.05) is 12.8 Å². The van der Waals surface area contributed by atoms with Gasteiger partial charge in [-0.3, -0.25) is 14.0 Å². The first-order chi connectivity index (χ1) is 21.2. The van der Waals surface area contributed by atoms with E-state index in [1.54, 1.807) is 6.20 Å². The highest BCUT2D eigenvalue weighted by atomic mass is 32.3. The lowest BCUT2D eigenvalue weighted by Crippen LogP contribution is -2.33. The van der Waals surface area contributed by atoms with Crippen molar-refractivity contribution < 1.29 is 13.5 Å². The van der Waals surface area contributed by atoms with Crippen molar-refractivity contribution in [1.29, 1.82) is 5.41 Å². The third kappa shape index (κ3) is 9.00. The van der Waals surface area contributed by atoms with E-state index in [0.29, 0.717) is 10.1 Å². The highest BCUT2D eigenvalue weighted by Gasteiger charge is 2.30. The zero-order chi connectivity index (χ0) is 31.1. The molecular formula is C36H50FN3O2S2. The van der Waals surface area contributed by atoms with Crippen LogP contribution in [0.2, 0.25) is 0 Å². The minimum Gasteiger partial charge on any atom is -0.308 e. The first-order valence-corrected chi connectivity index (χ1v) is 19.0. The molecule has 0 spiro atoms. The van der Waals surface area contributed by atoms with E-state index in [9.17, 15) is 13.5 Å². The standard InChI is InChI=1S/C36H50FN3O2S2/c1-26-18-31(12-7-11-28-13-15-34(37)16-14-28)32(22-38)21-35(26)33-20-30(19-29-8-3-4-9-29)10-5-6-17-40(24-33)25-44(41,42)36-23-39-27(2)43-36/h13-16,18,21-23,29-30,33,38,41-42H,3-12,17,19-20,24-25H2,1-2H3/t30?,33-/m1/s1. The predicted octanol–water partition coefficient (Wildman–Crippen LogP) is 10.00. The van der Waals surface area contributed by atoms with Gasteiger partial charge in [-0.2, -0.15) is 0 Å². The molecule has 8 heteroatoms. The Morgan fingerprint density at radius 3 is 2.45 bits per heavy atom. The molecule has 1 aromatic heterocycles. The summed E-state index contributed by atoms with van der Waals surface area (Å²) in [5.41, 5.74) is 5.88. The molecule has 1 unspecified atom stereocenters. The maximum Gasteiger partial charge on any atom is 0.132 e. The number of hydrogen-bond acceptors (Lipinski definition) is 6. The summed E-state index contributed by atoms with van der Waals surface area (Å²) in [7, 11) is -2.96. The molecule has 0 radical (unpaired) electrons. The van der Waals surface area contributed by atoms with Crippen LogP contribution in [0.3, 0.4) is 0 Å². The van der Waals surface area contributed by atoms with Gasteiger partial charge in [-0.05, 0) is 123 Å². The molecule has 1 aliphatic heterocycles. The Morgan fingerprint density at radius 2 is 1.75 bits per heavy atom. The van der Waals surface area contributed by atoms with Gasteiger partial charge in [-0.25, -0.2) is 9.37 Å². The van der Waals surface area contributed by atoms with Gasteiger partial charge < -0.3 is 5.41 Å². The summed E-state index contributed by atoms with van der Waals surface area (Å²) in [6.07, 6.45) is 17.2. The summed E-state index contributed by atoms with van der Waals surface area (Å²) in [6, 6.07) is 11.3. The second-order valence-corrected chi connectivity index (χ2v) is 16.8. The van der Waals surface area contributed by atoms with E-state index < -0.39 is 10.6 Å². The normalized spacial score (nSPS) is 21.1. The van der Waals surface area contributed by atoms with Gasteiger partial charge >= 0.3 is 0 Å². The lowest BCUT2D eigenvalue weighted by Gasteiger charge is -2.38. The molecule has 1 saturated heterocycles. The van der Waals surface area contributed by atoms with E-state index >= 15 is 0 Å². The Hall–Kier alpha value is -2.10. The Kier molecular flexibility index (Phi) is 11.7. The Bertz CT molecular complexity index is 1370. The molecule has 3 N–H and O–H groups in total. The first-order valence-electron chi connectivity index (χ1n) is 16.5. The van der Waals surface area contributed by atoms with E-state index in [0.717, 1.165) is 67.2 Å². The van der Waals surface area contributed by atoms with Crippen LogP contribution in [-0.2, 0) is 12.8 Å². The third-order valence-corrected chi connectivity index (χ3v) is 13.0. The lowest BCUT2D eigenvalue weighted by atomic mass is 9.79. The van der Waals surface area contributed by atoms with Gasteiger partial charge in [-0.1, -0.05) is 56.7 Å². The van der Waals surface area contributed by atoms with Crippen LogP contribution in [0.4, 0.5) is 4.39 Å². The summed E-state index contributed by atoms with van der Waals surface area (Å²) < 4.78 is 36.4. The highest BCUT2D eigenvalue weighted by molar-refractivity contribution is 8.25. The summed E-state index contributed by atoms with van der Waals surface area (Å²) in [5.74, 6) is 1.83. The lowest BCUT2D eigenvalue weighted by molar-refractivity contribution is 0.267. The van der Waals surface area contributed by atoms with E-state index in [2.05, 4.69) is 28.9 Å². The largest absolute Gasteiger partial charge is 0.308 e. The van der Waals surface area contributed by atoms with E-state index in [1.807, 2.05) is 19.1 Å². The third-order valence-electron chi connectivity index (χ3n) is 9.81. The molecule has 240 valence electrons. The van der Waals surface area contributed by atoms with Crippen molar-refractivity contribution in [2.75, 3.05) is 19.0 Å². The zero-order valence-electron chi connectivity index (χ0n) is 26.4. The predicted molar refractivity (Wildman–Crippen MR) is 183 cm³/mol. The first kappa shape index (κ1) is 33.3. The fourth-order valence-corrected chi connectivity index (χ4v) is 10.2. The maximum atomic E-state index is 13.3. The monoisotopic (exact) mass is 639 g/mol. The van der Waals surface area contributed by atoms with Crippen molar-refractivity contribution in [3.8, 4) is 0 Å². The van der Waals surface area contributed by atoms with Gasteiger partial charge in [0.25, 0.3) is 0 Å². The topological polar surface area (TPSA) is 80.4 Å². The van der Waals surface area contributed by atoms with Crippen molar-refractivity contribution in [1.82, 2.24) is 9.88 Å². The van der Waals surface area contributed by atoms with Crippen molar-refractivity contribution in [2.45, 2.75) is 101 Å². The van der Waals surface area contributed by atoms with E-state index in [1.165, 1.54) is 91.3 Å². The second-order valence-electron chi connectivity index (χ2n) is 13.3. The van der Waals surface area contributed by atoms with Crippen LogP contribution >= 0.6 is 21.9 Å². The van der Waals surface area contributed by atoms with Gasteiger partial charge in [0.1, 0.15) is 10.0 Å². The van der Waals surface area contributed by atoms with Crippen LogP contribution in [0.1, 0.15) is 103 Å². The van der Waals surface area contributed by atoms with Crippen LogP contribution < -0.4 is 0 Å². The maximum absolute atomic E-state index is 13.3. The molecule has 5 nitrogen and oxygen atoms in total. The van der Waals surface area contributed by atoms with Crippen molar-refractivity contribution >= 4 is 28.1 Å². The summed E-state index contributed by atoms with van der Waals surface area (Å²) >= 11 is 1.38. The quantitative estimate of drug-likeness (QED) is 0.182. The smallest absolute Gasteiger partial charge is 0.132 e. The fraction of sp³-hybridized carbons (Fsp3) is 0.556. The summed E-state index contributed by atoms with van der Waals surface area (Å²) in [5, 5.41) is 9.15. The van der Waals surface area contributed by atoms with E-state index in [-0.39, 0.29) is 17.6 Å². The number of rotatable bonds is 11. The van der Waals surface area contributed by atoms with Crippen LogP contribution in [0.25, 0.3) is 0 Å². The average Bonchev–Trinajstić information content (AvgIpc) is 3.69. The van der Waals surface area contributed by atoms with Crippen LogP contribution in [-0.4, -0.2) is 44.2 Å². The molecule has 5 rings (SSSR count). The Balaban J connectivity index is 1.37. The number of thiazole rings is 1. The van der Waals surface area contributed by atoms with Crippen molar-refractivity contribution in [3.05, 3.63) is 81.2 Å². The molecule has 44 heavy (non-hydrogen) atoms.